The average Bonchev–Trinajstić information content (AvgIpc) is 3.29. The first-order chi connectivity index (χ1) is 11.6. The molecule has 2 aliphatic heterocycles. The first kappa shape index (κ1) is 15.7. The van der Waals surface area contributed by atoms with Crippen molar-refractivity contribution >= 4 is 17.2 Å². The van der Waals surface area contributed by atoms with Crippen LogP contribution < -0.4 is 0 Å². The Morgan fingerprint density at radius 1 is 1.46 bits per heavy atom. The summed E-state index contributed by atoms with van der Waals surface area (Å²) in [5.74, 6) is 0.677. The number of aryl methyl sites for hydroxylation is 2. The quantitative estimate of drug-likeness (QED) is 0.838. The molecule has 0 aromatic carbocycles. The van der Waals surface area contributed by atoms with Crippen molar-refractivity contribution in [2.24, 2.45) is 5.92 Å². The molecule has 128 valence electrons. The molecule has 2 aromatic rings. The number of likely N-dealkylation sites (tertiary alicyclic amines) is 1. The maximum Gasteiger partial charge on any atom is 0.259 e. The highest BCUT2D eigenvalue weighted by Crippen LogP contribution is 2.34. The van der Waals surface area contributed by atoms with Gasteiger partial charge in [-0.15, -0.1) is 11.3 Å². The lowest BCUT2D eigenvalue weighted by atomic mass is 10.0. The van der Waals surface area contributed by atoms with E-state index in [0.29, 0.717) is 37.7 Å². The number of hydrogen-bond acceptors (Lipinski definition) is 7. The molecule has 0 N–H and O–H groups in total. The Bertz CT molecular complexity index is 743. The van der Waals surface area contributed by atoms with Gasteiger partial charge in [-0.2, -0.15) is 0 Å². The molecule has 2 fully saturated rings. The fourth-order valence-electron chi connectivity index (χ4n) is 3.44. The van der Waals surface area contributed by atoms with E-state index in [0.717, 1.165) is 10.7 Å². The molecule has 0 unspecified atom stereocenters. The zero-order valence-electron chi connectivity index (χ0n) is 13.6. The zero-order chi connectivity index (χ0) is 16.7. The van der Waals surface area contributed by atoms with E-state index in [2.05, 4.69) is 10.1 Å². The molecule has 4 heterocycles. The summed E-state index contributed by atoms with van der Waals surface area (Å²) in [4.78, 5) is 19.1. The number of aromatic nitrogens is 2. The molecule has 0 aliphatic carbocycles. The highest BCUT2D eigenvalue weighted by molar-refractivity contribution is 7.09. The molecule has 2 aromatic heterocycles. The summed E-state index contributed by atoms with van der Waals surface area (Å²) >= 11 is 1.61. The van der Waals surface area contributed by atoms with Gasteiger partial charge in [0.2, 0.25) is 0 Å². The Balaban J connectivity index is 1.47. The van der Waals surface area contributed by atoms with Crippen molar-refractivity contribution in [3.05, 3.63) is 33.6 Å². The van der Waals surface area contributed by atoms with Crippen molar-refractivity contribution in [3.8, 4) is 0 Å². The van der Waals surface area contributed by atoms with Crippen molar-refractivity contribution in [2.75, 3.05) is 19.8 Å². The molecule has 0 radical (unpaired) electrons. The van der Waals surface area contributed by atoms with Crippen molar-refractivity contribution in [3.63, 3.8) is 0 Å². The van der Waals surface area contributed by atoms with Gasteiger partial charge in [0.15, 0.2) is 0 Å². The van der Waals surface area contributed by atoms with Crippen LogP contribution in [0.1, 0.15) is 26.8 Å². The highest BCUT2D eigenvalue weighted by atomic mass is 32.1. The normalized spacial score (nSPS) is 26.1. The van der Waals surface area contributed by atoms with E-state index in [1.807, 2.05) is 17.2 Å². The van der Waals surface area contributed by atoms with Crippen molar-refractivity contribution < 1.29 is 18.8 Å². The number of nitrogens with zero attached hydrogens (tertiary/aromatic N) is 3. The van der Waals surface area contributed by atoms with Crippen LogP contribution >= 0.6 is 11.3 Å². The SMILES string of the molecule is Cc1nc(CO[C@H]2CN(C(=O)c3cnoc3C)[C@@H]3COC[C@H]23)cs1. The van der Waals surface area contributed by atoms with Crippen LogP contribution in [0.25, 0.3) is 0 Å². The van der Waals surface area contributed by atoms with Gasteiger partial charge < -0.3 is 18.9 Å². The maximum absolute atomic E-state index is 12.8. The first-order valence-electron chi connectivity index (χ1n) is 7.96. The molecule has 4 rings (SSSR count). The van der Waals surface area contributed by atoms with Crippen LogP contribution in [0.2, 0.25) is 0 Å². The lowest BCUT2D eigenvalue weighted by molar-refractivity contribution is 0.00815. The third-order valence-corrected chi connectivity index (χ3v) is 5.52. The molecule has 2 aliphatic rings. The number of ether oxygens (including phenoxy) is 2. The second-order valence-electron chi connectivity index (χ2n) is 6.23. The van der Waals surface area contributed by atoms with Gasteiger partial charge in [0, 0.05) is 17.8 Å². The van der Waals surface area contributed by atoms with Gasteiger partial charge in [0.05, 0.1) is 48.9 Å². The number of thiazole rings is 1. The Kier molecular flexibility index (Phi) is 4.11. The second kappa shape index (κ2) is 6.27. The van der Waals surface area contributed by atoms with Gasteiger partial charge in [-0.25, -0.2) is 4.98 Å². The van der Waals surface area contributed by atoms with Crippen LogP contribution in [0.5, 0.6) is 0 Å². The van der Waals surface area contributed by atoms with Gasteiger partial charge in [0.25, 0.3) is 5.91 Å². The molecule has 0 spiro atoms. The van der Waals surface area contributed by atoms with E-state index in [9.17, 15) is 4.79 Å². The molecule has 2 saturated heterocycles. The number of hydrogen-bond donors (Lipinski definition) is 0. The highest BCUT2D eigenvalue weighted by Gasteiger charge is 2.48. The predicted molar refractivity (Wildman–Crippen MR) is 85.8 cm³/mol. The van der Waals surface area contributed by atoms with Crippen molar-refractivity contribution in [1.29, 1.82) is 0 Å². The Hall–Kier alpha value is -1.77. The smallest absolute Gasteiger partial charge is 0.259 e. The molecule has 0 bridgehead atoms. The molecule has 8 heteroatoms. The zero-order valence-corrected chi connectivity index (χ0v) is 14.4. The summed E-state index contributed by atoms with van der Waals surface area (Å²) in [6.07, 6.45) is 1.44. The topological polar surface area (TPSA) is 77.7 Å². The minimum Gasteiger partial charge on any atom is -0.379 e. The number of carbonyl (C=O) groups is 1. The number of fused-ring (bicyclic) bond motifs is 1. The van der Waals surface area contributed by atoms with Gasteiger partial charge >= 0.3 is 0 Å². The van der Waals surface area contributed by atoms with E-state index in [4.69, 9.17) is 14.0 Å². The molecule has 24 heavy (non-hydrogen) atoms. The van der Waals surface area contributed by atoms with Crippen LogP contribution in [0, 0.1) is 19.8 Å². The standard InChI is InChI=1S/C16H19N3O4S/c1-9-12(3-17-23-9)16(20)19-4-15(13-6-21-7-14(13)19)22-5-11-8-24-10(2)18-11/h3,8,13-15H,4-7H2,1-2H3/t13-,14+,15-/m0/s1. The minimum atomic E-state index is -0.0650. The molecule has 1 amide bonds. The van der Waals surface area contributed by atoms with E-state index >= 15 is 0 Å². The van der Waals surface area contributed by atoms with E-state index in [-0.39, 0.29) is 24.0 Å². The van der Waals surface area contributed by atoms with Crippen LogP contribution in [-0.4, -0.2) is 52.9 Å². The monoisotopic (exact) mass is 349 g/mol. The summed E-state index contributed by atoms with van der Waals surface area (Å²) in [6.45, 7) is 5.93. The predicted octanol–water partition coefficient (Wildman–Crippen LogP) is 1.80. The van der Waals surface area contributed by atoms with Gasteiger partial charge in [0.1, 0.15) is 11.3 Å². The lowest BCUT2D eigenvalue weighted by Crippen LogP contribution is -2.38. The first-order valence-corrected chi connectivity index (χ1v) is 8.84. The van der Waals surface area contributed by atoms with Crippen LogP contribution in [0.15, 0.2) is 16.1 Å². The van der Waals surface area contributed by atoms with E-state index in [1.54, 1.807) is 18.3 Å². The molecular weight excluding hydrogens is 330 g/mol. The second-order valence-corrected chi connectivity index (χ2v) is 7.29. The van der Waals surface area contributed by atoms with Crippen LogP contribution in [0.3, 0.4) is 0 Å². The fraction of sp³-hybridized carbons (Fsp3) is 0.562. The average molecular weight is 349 g/mol. The van der Waals surface area contributed by atoms with Crippen molar-refractivity contribution in [2.45, 2.75) is 32.6 Å². The van der Waals surface area contributed by atoms with E-state index in [1.165, 1.54) is 6.20 Å². The fourth-order valence-corrected chi connectivity index (χ4v) is 4.03. The minimum absolute atomic E-state index is 0.0383. The van der Waals surface area contributed by atoms with Gasteiger partial charge in [-0.1, -0.05) is 5.16 Å². The third kappa shape index (κ3) is 2.74. The number of carbonyl (C=O) groups excluding carboxylic acids is 1. The van der Waals surface area contributed by atoms with Crippen LogP contribution in [0.4, 0.5) is 0 Å². The summed E-state index contributed by atoms with van der Waals surface area (Å²) in [6, 6.07) is 0.0500. The third-order valence-electron chi connectivity index (χ3n) is 4.70. The Morgan fingerprint density at radius 2 is 2.33 bits per heavy atom. The van der Waals surface area contributed by atoms with E-state index < -0.39 is 0 Å². The lowest BCUT2D eigenvalue weighted by Gasteiger charge is -2.21. The Morgan fingerprint density at radius 3 is 3.04 bits per heavy atom. The van der Waals surface area contributed by atoms with Gasteiger partial charge in [-0.3, -0.25) is 4.79 Å². The molecule has 0 saturated carbocycles. The number of rotatable bonds is 4. The summed E-state index contributed by atoms with van der Waals surface area (Å²) in [7, 11) is 0. The van der Waals surface area contributed by atoms with Crippen LogP contribution in [-0.2, 0) is 16.1 Å². The summed E-state index contributed by atoms with van der Waals surface area (Å²) in [5.41, 5.74) is 1.45. The molecule has 7 nitrogen and oxygen atoms in total. The summed E-state index contributed by atoms with van der Waals surface area (Å²) in [5, 5.41) is 6.74. The molecule has 3 atom stereocenters. The molecular formula is C16H19N3O4S. The largest absolute Gasteiger partial charge is 0.379 e. The Labute approximate surface area is 143 Å². The maximum atomic E-state index is 12.8. The summed E-state index contributed by atoms with van der Waals surface area (Å²) < 4.78 is 16.7. The van der Waals surface area contributed by atoms with Gasteiger partial charge in [-0.05, 0) is 13.8 Å². The number of amides is 1. The van der Waals surface area contributed by atoms with Crippen molar-refractivity contribution in [1.82, 2.24) is 15.0 Å².